The first-order valence-electron chi connectivity index (χ1n) is 9.96. The smallest absolute Gasteiger partial charge is 0.265 e. The minimum absolute atomic E-state index is 0.129. The number of nitrogens with one attached hydrogen (secondary N) is 2. The third kappa shape index (κ3) is 5.76. The Morgan fingerprint density at radius 3 is 2.50 bits per heavy atom. The lowest BCUT2D eigenvalue weighted by Gasteiger charge is -2.13. The summed E-state index contributed by atoms with van der Waals surface area (Å²) in [6.07, 6.45) is 1.60. The first-order chi connectivity index (χ1) is 15.3. The summed E-state index contributed by atoms with van der Waals surface area (Å²) in [6, 6.07) is 14.7. The van der Waals surface area contributed by atoms with Gasteiger partial charge in [-0.1, -0.05) is 17.7 Å². The minimum atomic E-state index is -3.98. The van der Waals surface area contributed by atoms with Gasteiger partial charge in [-0.3, -0.25) is 9.52 Å². The van der Waals surface area contributed by atoms with Crippen LogP contribution in [0.5, 0.6) is 11.6 Å². The number of anilines is 1. The van der Waals surface area contributed by atoms with Crippen molar-refractivity contribution in [2.45, 2.75) is 25.3 Å². The summed E-state index contributed by atoms with van der Waals surface area (Å²) in [5.41, 5.74) is 2.41. The molecule has 1 heterocycles. The molecule has 1 amide bonds. The van der Waals surface area contributed by atoms with Crippen LogP contribution in [0.25, 0.3) is 0 Å². The van der Waals surface area contributed by atoms with E-state index in [1.807, 2.05) is 13.8 Å². The molecule has 0 fully saturated rings. The molecule has 2 aromatic carbocycles. The van der Waals surface area contributed by atoms with E-state index in [-0.39, 0.29) is 22.8 Å². The molecule has 0 saturated heterocycles. The number of sulfonamides is 1. The van der Waals surface area contributed by atoms with Gasteiger partial charge in [0.1, 0.15) is 10.6 Å². The molecule has 0 radical (unpaired) electrons. The van der Waals surface area contributed by atoms with Crippen LogP contribution in [0.4, 0.5) is 5.69 Å². The Kier molecular flexibility index (Phi) is 7.32. The maximum atomic E-state index is 13.0. The van der Waals surface area contributed by atoms with Crippen molar-refractivity contribution < 1.29 is 22.7 Å². The number of amides is 1. The molecule has 0 bridgehead atoms. The second-order valence-electron chi connectivity index (χ2n) is 6.96. The first-order valence-corrected chi connectivity index (χ1v) is 11.4. The number of hydrogen-bond acceptors (Lipinski definition) is 6. The van der Waals surface area contributed by atoms with Gasteiger partial charge < -0.3 is 14.8 Å². The molecular formula is C23H25N3O5S. The molecule has 1 aromatic heterocycles. The number of hydrogen-bond donors (Lipinski definition) is 2. The van der Waals surface area contributed by atoms with Crippen molar-refractivity contribution in [3.63, 3.8) is 0 Å². The van der Waals surface area contributed by atoms with Crippen molar-refractivity contribution in [2.75, 3.05) is 18.4 Å². The topological polar surface area (TPSA) is 107 Å². The van der Waals surface area contributed by atoms with Crippen molar-refractivity contribution in [1.29, 1.82) is 0 Å². The summed E-state index contributed by atoms with van der Waals surface area (Å²) in [4.78, 5) is 16.6. The summed E-state index contributed by atoms with van der Waals surface area (Å²) in [5, 5.41) is 2.78. The maximum Gasteiger partial charge on any atom is 0.265 e. The molecule has 0 atom stereocenters. The largest absolute Gasteiger partial charge is 0.495 e. The van der Waals surface area contributed by atoms with Crippen LogP contribution in [-0.4, -0.2) is 33.0 Å². The highest BCUT2D eigenvalue weighted by Crippen LogP contribution is 2.27. The van der Waals surface area contributed by atoms with Gasteiger partial charge in [-0.25, -0.2) is 13.4 Å². The Morgan fingerprint density at radius 1 is 1.06 bits per heavy atom. The molecule has 0 unspecified atom stereocenters. The van der Waals surface area contributed by atoms with Gasteiger partial charge in [-0.2, -0.15) is 0 Å². The Balaban J connectivity index is 1.79. The van der Waals surface area contributed by atoms with Crippen molar-refractivity contribution in [1.82, 2.24) is 10.3 Å². The average molecular weight is 456 g/mol. The number of rotatable bonds is 9. The van der Waals surface area contributed by atoms with Crippen LogP contribution >= 0.6 is 0 Å². The van der Waals surface area contributed by atoms with E-state index in [2.05, 4.69) is 15.0 Å². The van der Waals surface area contributed by atoms with E-state index in [4.69, 9.17) is 9.47 Å². The highest BCUT2D eigenvalue weighted by molar-refractivity contribution is 7.92. The number of pyridine rings is 1. The van der Waals surface area contributed by atoms with Gasteiger partial charge in [0, 0.05) is 30.1 Å². The Bertz CT molecular complexity index is 1190. The lowest BCUT2D eigenvalue weighted by atomic mass is 10.2. The number of aromatic nitrogens is 1. The fourth-order valence-electron chi connectivity index (χ4n) is 2.93. The zero-order valence-electron chi connectivity index (χ0n) is 18.1. The van der Waals surface area contributed by atoms with Crippen molar-refractivity contribution in [3.05, 3.63) is 77.5 Å². The van der Waals surface area contributed by atoms with Crippen LogP contribution in [0.1, 0.15) is 28.4 Å². The summed E-state index contributed by atoms with van der Waals surface area (Å²) in [5.74, 6) is 0.185. The molecule has 2 N–H and O–H groups in total. The molecular weight excluding hydrogens is 430 g/mol. The van der Waals surface area contributed by atoms with Gasteiger partial charge in [0.2, 0.25) is 5.88 Å². The van der Waals surface area contributed by atoms with Crippen molar-refractivity contribution in [3.8, 4) is 11.6 Å². The van der Waals surface area contributed by atoms with Gasteiger partial charge in [0.15, 0.2) is 0 Å². The molecule has 0 aliphatic carbocycles. The Hall–Kier alpha value is -3.59. The van der Waals surface area contributed by atoms with Crippen LogP contribution in [0.2, 0.25) is 0 Å². The number of carbonyl (C=O) groups is 1. The van der Waals surface area contributed by atoms with E-state index in [0.717, 1.165) is 11.1 Å². The minimum Gasteiger partial charge on any atom is -0.495 e. The molecule has 3 rings (SSSR count). The molecule has 3 aromatic rings. The molecule has 8 nitrogen and oxygen atoms in total. The fourth-order valence-corrected chi connectivity index (χ4v) is 4.19. The normalized spacial score (nSPS) is 11.0. The maximum absolute atomic E-state index is 13.0. The lowest BCUT2D eigenvalue weighted by molar-refractivity contribution is 0.0950. The van der Waals surface area contributed by atoms with E-state index in [1.165, 1.54) is 25.3 Å². The van der Waals surface area contributed by atoms with E-state index in [9.17, 15) is 13.2 Å². The number of benzene rings is 2. The molecule has 32 heavy (non-hydrogen) atoms. The molecule has 0 aliphatic rings. The number of aryl methyl sites for hydroxylation is 1. The molecule has 0 spiro atoms. The second kappa shape index (κ2) is 10.1. The predicted octanol–water partition coefficient (Wildman–Crippen LogP) is 3.53. The van der Waals surface area contributed by atoms with Crippen molar-refractivity contribution in [2.24, 2.45) is 0 Å². The molecule has 168 valence electrons. The van der Waals surface area contributed by atoms with Crippen LogP contribution in [-0.2, 0) is 16.6 Å². The van der Waals surface area contributed by atoms with E-state index in [0.29, 0.717) is 18.2 Å². The summed E-state index contributed by atoms with van der Waals surface area (Å²) in [6.45, 7) is 4.49. The number of nitrogens with zero attached hydrogens (tertiary/aromatic N) is 1. The van der Waals surface area contributed by atoms with Gasteiger partial charge in [-0.15, -0.1) is 0 Å². The zero-order valence-corrected chi connectivity index (χ0v) is 18.9. The average Bonchev–Trinajstić information content (AvgIpc) is 2.79. The van der Waals surface area contributed by atoms with Crippen LogP contribution in [0.3, 0.4) is 0 Å². The highest BCUT2D eigenvalue weighted by Gasteiger charge is 2.22. The second-order valence-corrected chi connectivity index (χ2v) is 8.61. The summed E-state index contributed by atoms with van der Waals surface area (Å²) < 4.78 is 39.0. The van der Waals surface area contributed by atoms with E-state index >= 15 is 0 Å². The predicted molar refractivity (Wildman–Crippen MR) is 122 cm³/mol. The quantitative estimate of drug-likeness (QED) is 0.511. The van der Waals surface area contributed by atoms with Gasteiger partial charge in [0.05, 0.1) is 13.7 Å². The van der Waals surface area contributed by atoms with Gasteiger partial charge >= 0.3 is 0 Å². The van der Waals surface area contributed by atoms with E-state index < -0.39 is 15.9 Å². The van der Waals surface area contributed by atoms with Crippen LogP contribution in [0, 0.1) is 6.92 Å². The first kappa shape index (κ1) is 23.1. The Labute approximate surface area is 187 Å². The standard InChI is InChI=1S/C23H25N3O5S/c1-4-31-22-13-17(11-12-24-22)15-25-23(27)18-7-10-20(30-3)21(14-18)32(28,29)26-19-8-5-16(2)6-9-19/h5-14,26H,4,15H2,1-3H3,(H,25,27). The highest BCUT2D eigenvalue weighted by atomic mass is 32.2. The number of carbonyl (C=O) groups excluding carboxylic acids is 1. The SMILES string of the molecule is CCOc1cc(CNC(=O)c2ccc(OC)c(S(=O)(=O)Nc3ccc(C)cc3)c2)ccn1. The molecule has 0 saturated carbocycles. The zero-order chi connectivity index (χ0) is 23.1. The lowest BCUT2D eigenvalue weighted by Crippen LogP contribution is -2.23. The third-order valence-electron chi connectivity index (χ3n) is 4.56. The molecule has 9 heteroatoms. The molecule has 0 aliphatic heterocycles. The third-order valence-corrected chi connectivity index (χ3v) is 5.97. The van der Waals surface area contributed by atoms with Crippen molar-refractivity contribution >= 4 is 21.6 Å². The Morgan fingerprint density at radius 2 is 1.81 bits per heavy atom. The fraction of sp³-hybridized carbons (Fsp3) is 0.217. The summed E-state index contributed by atoms with van der Waals surface area (Å²) in [7, 11) is -2.61. The van der Waals surface area contributed by atoms with Gasteiger partial charge in [-0.05, 0) is 55.8 Å². The number of methoxy groups -OCH3 is 1. The number of ether oxygens (including phenoxy) is 2. The van der Waals surface area contributed by atoms with E-state index in [1.54, 1.807) is 42.6 Å². The summed E-state index contributed by atoms with van der Waals surface area (Å²) >= 11 is 0. The monoisotopic (exact) mass is 455 g/mol. The van der Waals surface area contributed by atoms with Crippen LogP contribution < -0.4 is 19.5 Å². The van der Waals surface area contributed by atoms with Crippen LogP contribution in [0.15, 0.2) is 65.7 Å². The van der Waals surface area contributed by atoms with Gasteiger partial charge in [0.25, 0.3) is 15.9 Å².